The van der Waals surface area contributed by atoms with E-state index in [-0.39, 0.29) is 5.41 Å². The predicted octanol–water partition coefficient (Wildman–Crippen LogP) is 4.85. The molecule has 0 radical (unpaired) electrons. The smallest absolute Gasteiger partial charge is 0.0857 e. The van der Waals surface area contributed by atoms with Gasteiger partial charge in [-0.1, -0.05) is 71.2 Å². The molecule has 0 aliphatic rings. The maximum atomic E-state index is 4.38. The first kappa shape index (κ1) is 17.6. The van der Waals surface area contributed by atoms with Crippen LogP contribution in [-0.2, 0) is 5.41 Å². The summed E-state index contributed by atoms with van der Waals surface area (Å²) in [6.07, 6.45) is 7.86. The maximum Gasteiger partial charge on any atom is 0.0857 e. The van der Waals surface area contributed by atoms with E-state index in [9.17, 15) is 0 Å². The Morgan fingerprint density at radius 1 is 1.10 bits per heavy atom. The van der Waals surface area contributed by atoms with E-state index in [0.29, 0.717) is 6.04 Å². The molecule has 1 heterocycles. The molecule has 0 fully saturated rings. The topological polar surface area (TPSA) is 37.8 Å². The van der Waals surface area contributed by atoms with Crippen LogP contribution in [0.4, 0.5) is 0 Å². The third-order valence-electron chi connectivity index (χ3n) is 3.59. The van der Waals surface area contributed by atoms with Crippen LogP contribution >= 0.6 is 11.5 Å². The molecule has 3 nitrogen and oxygen atoms in total. The molecule has 0 aromatic carbocycles. The van der Waals surface area contributed by atoms with E-state index in [1.165, 1.54) is 49.1 Å². The average Bonchev–Trinajstić information content (AvgIpc) is 2.86. The number of rotatable bonds is 9. The lowest BCUT2D eigenvalue weighted by Gasteiger charge is -2.22. The third kappa shape index (κ3) is 5.49. The maximum absolute atomic E-state index is 4.38. The lowest BCUT2D eigenvalue weighted by molar-refractivity contribution is 0.468. The van der Waals surface area contributed by atoms with Gasteiger partial charge in [-0.2, -0.15) is 0 Å². The molecular weight excluding hydrogens is 266 g/mol. The van der Waals surface area contributed by atoms with Crippen LogP contribution in [-0.4, -0.2) is 16.1 Å². The van der Waals surface area contributed by atoms with Gasteiger partial charge in [0, 0.05) is 11.5 Å². The van der Waals surface area contributed by atoms with Gasteiger partial charge in [0.05, 0.1) is 10.6 Å². The molecule has 0 aliphatic carbocycles. The van der Waals surface area contributed by atoms with Gasteiger partial charge in [-0.3, -0.25) is 0 Å². The Balaban J connectivity index is 2.64. The standard InChI is InChI=1S/C16H31N3S/c1-6-8-9-10-11-12-13(17-7-2)14-15(16(3,4)5)18-19-20-14/h13,17H,6-12H2,1-5H3. The minimum Gasteiger partial charge on any atom is -0.309 e. The molecule has 1 aromatic heterocycles. The summed E-state index contributed by atoms with van der Waals surface area (Å²) in [5, 5.41) is 8.00. The number of aromatic nitrogens is 2. The number of unbranched alkanes of at least 4 members (excludes halogenated alkanes) is 4. The van der Waals surface area contributed by atoms with E-state index in [0.717, 1.165) is 6.54 Å². The number of hydrogen-bond acceptors (Lipinski definition) is 4. The molecule has 0 bridgehead atoms. The van der Waals surface area contributed by atoms with Crippen LogP contribution in [0.3, 0.4) is 0 Å². The van der Waals surface area contributed by atoms with Crippen LogP contribution in [0.25, 0.3) is 0 Å². The third-order valence-corrected chi connectivity index (χ3v) is 4.43. The largest absolute Gasteiger partial charge is 0.309 e. The number of hydrogen-bond donors (Lipinski definition) is 1. The van der Waals surface area contributed by atoms with Gasteiger partial charge in [0.25, 0.3) is 0 Å². The molecule has 0 aliphatic heterocycles. The molecular formula is C16H31N3S. The first-order chi connectivity index (χ1) is 9.50. The zero-order valence-electron chi connectivity index (χ0n) is 13.8. The van der Waals surface area contributed by atoms with Crippen molar-refractivity contribution in [1.82, 2.24) is 14.9 Å². The Kier molecular flexibility index (Phi) is 7.67. The van der Waals surface area contributed by atoms with Crippen molar-refractivity contribution in [2.45, 2.75) is 84.6 Å². The Morgan fingerprint density at radius 2 is 1.80 bits per heavy atom. The van der Waals surface area contributed by atoms with Crippen molar-refractivity contribution in [1.29, 1.82) is 0 Å². The van der Waals surface area contributed by atoms with Crippen molar-refractivity contribution >= 4 is 11.5 Å². The first-order valence-electron chi connectivity index (χ1n) is 8.06. The Bertz CT molecular complexity index is 368. The number of nitrogens with one attached hydrogen (secondary N) is 1. The van der Waals surface area contributed by atoms with E-state index in [1.54, 1.807) is 11.5 Å². The van der Waals surface area contributed by atoms with E-state index >= 15 is 0 Å². The van der Waals surface area contributed by atoms with Crippen LogP contribution in [0.1, 0.15) is 89.8 Å². The summed E-state index contributed by atoms with van der Waals surface area (Å²) < 4.78 is 4.20. The predicted molar refractivity (Wildman–Crippen MR) is 88.4 cm³/mol. The van der Waals surface area contributed by atoms with Gasteiger partial charge >= 0.3 is 0 Å². The summed E-state index contributed by atoms with van der Waals surface area (Å²) >= 11 is 1.57. The van der Waals surface area contributed by atoms with Gasteiger partial charge < -0.3 is 5.32 Å². The van der Waals surface area contributed by atoms with Crippen molar-refractivity contribution in [3.8, 4) is 0 Å². The highest BCUT2D eigenvalue weighted by Crippen LogP contribution is 2.32. The number of nitrogens with zero attached hydrogens (tertiary/aromatic N) is 2. The molecule has 0 spiro atoms. The summed E-state index contributed by atoms with van der Waals surface area (Å²) in [5.41, 5.74) is 1.25. The molecule has 1 rings (SSSR count). The van der Waals surface area contributed by atoms with Crippen LogP contribution in [0.15, 0.2) is 0 Å². The molecule has 1 N–H and O–H groups in total. The van der Waals surface area contributed by atoms with Gasteiger partial charge in [0.2, 0.25) is 0 Å². The van der Waals surface area contributed by atoms with Crippen LogP contribution in [0.2, 0.25) is 0 Å². The van der Waals surface area contributed by atoms with E-state index in [4.69, 9.17) is 0 Å². The molecule has 1 unspecified atom stereocenters. The second-order valence-electron chi connectivity index (χ2n) is 6.55. The fraction of sp³-hybridized carbons (Fsp3) is 0.875. The van der Waals surface area contributed by atoms with Gasteiger partial charge in [0.15, 0.2) is 0 Å². The molecule has 20 heavy (non-hydrogen) atoms. The molecule has 1 aromatic rings. The highest BCUT2D eigenvalue weighted by Gasteiger charge is 2.26. The Hall–Kier alpha value is -0.480. The first-order valence-corrected chi connectivity index (χ1v) is 8.84. The molecule has 0 amide bonds. The van der Waals surface area contributed by atoms with E-state index < -0.39 is 0 Å². The zero-order valence-corrected chi connectivity index (χ0v) is 14.6. The summed E-state index contributed by atoms with van der Waals surface area (Å²) in [6.45, 7) is 12.1. The lowest BCUT2D eigenvalue weighted by Crippen LogP contribution is -2.24. The van der Waals surface area contributed by atoms with E-state index in [1.807, 2.05) is 0 Å². The van der Waals surface area contributed by atoms with Crippen molar-refractivity contribution < 1.29 is 0 Å². The van der Waals surface area contributed by atoms with Crippen LogP contribution in [0, 0.1) is 0 Å². The van der Waals surface area contributed by atoms with Crippen molar-refractivity contribution in [2.24, 2.45) is 0 Å². The summed E-state index contributed by atoms with van der Waals surface area (Å²) in [6, 6.07) is 0.427. The van der Waals surface area contributed by atoms with Crippen LogP contribution in [0.5, 0.6) is 0 Å². The monoisotopic (exact) mass is 297 g/mol. The molecule has 116 valence electrons. The summed E-state index contributed by atoms with van der Waals surface area (Å²) in [7, 11) is 0. The zero-order chi connectivity index (χ0) is 15.0. The highest BCUT2D eigenvalue weighted by molar-refractivity contribution is 7.05. The van der Waals surface area contributed by atoms with Gasteiger partial charge in [-0.25, -0.2) is 0 Å². The normalized spacial score (nSPS) is 13.7. The molecule has 0 saturated heterocycles. The Labute approximate surface area is 128 Å². The van der Waals surface area contributed by atoms with Gasteiger partial charge in [-0.05, 0) is 24.5 Å². The lowest BCUT2D eigenvalue weighted by atomic mass is 9.89. The SMILES string of the molecule is CCCCCCCC(NCC)c1snnc1C(C)(C)C. The second kappa shape index (κ2) is 8.73. The second-order valence-corrected chi connectivity index (χ2v) is 7.33. The van der Waals surface area contributed by atoms with Gasteiger partial charge in [0.1, 0.15) is 0 Å². The van der Waals surface area contributed by atoms with Gasteiger partial charge in [-0.15, -0.1) is 5.10 Å². The minimum atomic E-state index is 0.0816. The fourth-order valence-corrected chi connectivity index (χ4v) is 3.44. The summed E-state index contributed by atoms with van der Waals surface area (Å²) in [5.74, 6) is 0. The fourth-order valence-electron chi connectivity index (χ4n) is 2.47. The quantitative estimate of drug-likeness (QED) is 0.662. The van der Waals surface area contributed by atoms with Crippen molar-refractivity contribution in [3.63, 3.8) is 0 Å². The van der Waals surface area contributed by atoms with Crippen molar-refractivity contribution in [3.05, 3.63) is 10.6 Å². The molecule has 0 saturated carbocycles. The van der Waals surface area contributed by atoms with E-state index in [2.05, 4.69) is 49.5 Å². The molecule has 4 heteroatoms. The van der Waals surface area contributed by atoms with Crippen molar-refractivity contribution in [2.75, 3.05) is 6.54 Å². The minimum absolute atomic E-state index is 0.0816. The Morgan fingerprint density at radius 3 is 2.40 bits per heavy atom. The molecule has 1 atom stereocenters. The van der Waals surface area contributed by atoms with Crippen LogP contribution < -0.4 is 5.32 Å². The average molecular weight is 298 g/mol. The highest BCUT2D eigenvalue weighted by atomic mass is 32.1. The summed E-state index contributed by atoms with van der Waals surface area (Å²) in [4.78, 5) is 1.34.